The molecule has 3 heterocycles. The molecule has 2 N–H and O–H groups in total. The smallest absolute Gasteiger partial charge is 0.216 e. The Kier molecular flexibility index (Phi) is 8.55. The molecule has 1 aliphatic rings. The van der Waals surface area contributed by atoms with Crippen molar-refractivity contribution in [1.82, 2.24) is 30.3 Å². The van der Waals surface area contributed by atoms with Gasteiger partial charge in [-0.25, -0.2) is 9.98 Å². The second-order valence-electron chi connectivity index (χ2n) is 6.36. The first kappa shape index (κ1) is 21.7. The van der Waals surface area contributed by atoms with Gasteiger partial charge in [-0.2, -0.15) is 0 Å². The van der Waals surface area contributed by atoms with Gasteiger partial charge in [-0.15, -0.1) is 29.1 Å². The molecule has 1 unspecified atom stereocenters. The highest BCUT2D eigenvalue weighted by molar-refractivity contribution is 14.0. The highest BCUT2D eigenvalue weighted by Crippen LogP contribution is 2.17. The van der Waals surface area contributed by atoms with Crippen LogP contribution < -0.4 is 5.32 Å². The summed E-state index contributed by atoms with van der Waals surface area (Å²) in [7, 11) is 0. The molecule has 1 atom stereocenters. The highest BCUT2D eigenvalue weighted by Gasteiger charge is 2.28. The van der Waals surface area contributed by atoms with Gasteiger partial charge in [0, 0.05) is 25.7 Å². The quantitative estimate of drug-likeness (QED) is 0.355. The maximum Gasteiger partial charge on any atom is 0.216 e. The van der Waals surface area contributed by atoms with E-state index in [1.807, 2.05) is 12.1 Å². The predicted molar refractivity (Wildman–Crippen MR) is 117 cm³/mol. The number of aromatic amines is 1. The molecular weight excluding hydrogens is 457 g/mol. The minimum absolute atomic E-state index is 0. The Morgan fingerprint density at radius 1 is 1.41 bits per heavy atom. The summed E-state index contributed by atoms with van der Waals surface area (Å²) < 4.78 is 5.33. The molecule has 2 aromatic heterocycles. The molecule has 0 amide bonds. The summed E-state index contributed by atoms with van der Waals surface area (Å²) in [4.78, 5) is 14.1. The van der Waals surface area contributed by atoms with Crippen molar-refractivity contribution in [2.75, 3.05) is 32.7 Å². The molecule has 1 saturated heterocycles. The van der Waals surface area contributed by atoms with Crippen LogP contribution in [0.2, 0.25) is 0 Å². The Morgan fingerprint density at radius 2 is 2.22 bits per heavy atom. The fourth-order valence-corrected chi connectivity index (χ4v) is 3.43. The van der Waals surface area contributed by atoms with Gasteiger partial charge in [0.05, 0.1) is 6.26 Å². The number of guanidine groups is 1. The van der Waals surface area contributed by atoms with Crippen molar-refractivity contribution >= 4 is 29.9 Å². The van der Waals surface area contributed by atoms with Crippen molar-refractivity contribution in [3.63, 3.8) is 0 Å². The summed E-state index contributed by atoms with van der Waals surface area (Å²) in [5.41, 5.74) is 0. The Morgan fingerprint density at radius 3 is 2.89 bits per heavy atom. The third-order valence-corrected chi connectivity index (χ3v) is 4.78. The first-order valence-electron chi connectivity index (χ1n) is 9.47. The molecule has 0 saturated carbocycles. The Bertz CT molecular complexity index is 696. The second kappa shape index (κ2) is 10.6. The Hall–Kier alpha value is -1.62. The van der Waals surface area contributed by atoms with Crippen LogP contribution in [0, 0.1) is 0 Å². The topological polar surface area (TPSA) is 85.6 Å². The molecule has 150 valence electrons. The molecule has 1 aliphatic heterocycles. The standard InChI is InChI=1S/C18H29N7O.HI/c1-4-19-18(25-10-9-14(13-25)24(5-2)6-3)20-12-16-21-17(23-22-16)15-8-7-11-26-15;/h7-8,11,14H,4-6,9-10,12-13H2,1-3H3,(H,19,20)(H,21,22,23);1H. The largest absolute Gasteiger partial charge is 0.461 e. The van der Waals surface area contributed by atoms with E-state index in [0.717, 1.165) is 44.5 Å². The Balaban J connectivity index is 0.00000261. The number of aliphatic imine (C=N–C) groups is 1. The predicted octanol–water partition coefficient (Wildman–Crippen LogP) is 2.56. The molecule has 27 heavy (non-hydrogen) atoms. The van der Waals surface area contributed by atoms with E-state index in [4.69, 9.17) is 9.41 Å². The van der Waals surface area contributed by atoms with Gasteiger partial charge in [0.1, 0.15) is 12.4 Å². The van der Waals surface area contributed by atoms with E-state index < -0.39 is 0 Å². The van der Waals surface area contributed by atoms with Crippen molar-refractivity contribution in [1.29, 1.82) is 0 Å². The maximum atomic E-state index is 5.33. The van der Waals surface area contributed by atoms with Crippen molar-refractivity contribution in [3.8, 4) is 11.6 Å². The van der Waals surface area contributed by atoms with Crippen LogP contribution in [0.4, 0.5) is 0 Å². The second-order valence-corrected chi connectivity index (χ2v) is 6.36. The van der Waals surface area contributed by atoms with E-state index in [1.54, 1.807) is 6.26 Å². The molecular formula is C18H30IN7O. The monoisotopic (exact) mass is 487 g/mol. The summed E-state index contributed by atoms with van der Waals surface area (Å²) >= 11 is 0. The number of likely N-dealkylation sites (tertiary alicyclic amines) is 1. The fraction of sp³-hybridized carbons (Fsp3) is 0.611. The van der Waals surface area contributed by atoms with Gasteiger partial charge < -0.3 is 14.6 Å². The molecule has 0 radical (unpaired) electrons. The average molecular weight is 487 g/mol. The van der Waals surface area contributed by atoms with Crippen LogP contribution in [0.25, 0.3) is 11.6 Å². The number of rotatable bonds is 7. The fourth-order valence-electron chi connectivity index (χ4n) is 3.43. The Labute approximate surface area is 177 Å². The molecule has 0 aliphatic carbocycles. The van der Waals surface area contributed by atoms with Crippen LogP contribution >= 0.6 is 24.0 Å². The number of aromatic nitrogens is 3. The number of nitrogens with zero attached hydrogens (tertiary/aromatic N) is 5. The van der Waals surface area contributed by atoms with Crippen molar-refractivity contribution in [2.45, 2.75) is 39.8 Å². The summed E-state index contributed by atoms with van der Waals surface area (Å²) in [5.74, 6) is 2.89. The lowest BCUT2D eigenvalue weighted by molar-refractivity contribution is 0.223. The third kappa shape index (κ3) is 5.44. The first-order chi connectivity index (χ1) is 12.7. The van der Waals surface area contributed by atoms with Crippen LogP contribution in [-0.2, 0) is 6.54 Å². The van der Waals surface area contributed by atoms with Gasteiger partial charge in [-0.05, 0) is 38.6 Å². The van der Waals surface area contributed by atoms with Gasteiger partial charge in [-0.1, -0.05) is 13.8 Å². The SMILES string of the molecule is CCNC(=NCc1nc(-c2ccco2)n[nH]1)N1CCC(N(CC)CC)C1.I. The van der Waals surface area contributed by atoms with E-state index in [0.29, 0.717) is 24.2 Å². The van der Waals surface area contributed by atoms with E-state index >= 15 is 0 Å². The average Bonchev–Trinajstić information content (AvgIpc) is 3.40. The van der Waals surface area contributed by atoms with Crippen LogP contribution in [0.3, 0.4) is 0 Å². The van der Waals surface area contributed by atoms with Gasteiger partial charge in [0.2, 0.25) is 5.82 Å². The van der Waals surface area contributed by atoms with Crippen molar-refractivity contribution in [3.05, 3.63) is 24.2 Å². The lowest BCUT2D eigenvalue weighted by atomic mass is 10.2. The lowest BCUT2D eigenvalue weighted by Gasteiger charge is -2.27. The number of likely N-dealkylation sites (N-methyl/N-ethyl adjacent to an activating group) is 1. The van der Waals surface area contributed by atoms with Crippen LogP contribution in [0.15, 0.2) is 27.8 Å². The molecule has 1 fully saturated rings. The third-order valence-electron chi connectivity index (χ3n) is 4.78. The first-order valence-corrected chi connectivity index (χ1v) is 9.47. The number of hydrogen-bond acceptors (Lipinski definition) is 5. The zero-order chi connectivity index (χ0) is 18.4. The van der Waals surface area contributed by atoms with E-state index in [2.05, 4.69) is 51.1 Å². The number of H-pyrrole nitrogens is 1. The summed E-state index contributed by atoms with van der Waals surface area (Å²) in [6.07, 6.45) is 2.80. The summed E-state index contributed by atoms with van der Waals surface area (Å²) in [5, 5.41) is 10.5. The molecule has 3 rings (SSSR count). The van der Waals surface area contributed by atoms with Crippen molar-refractivity contribution < 1.29 is 4.42 Å². The minimum Gasteiger partial charge on any atom is -0.461 e. The van der Waals surface area contributed by atoms with Crippen LogP contribution in [-0.4, -0.2) is 69.7 Å². The van der Waals surface area contributed by atoms with Gasteiger partial charge in [-0.3, -0.25) is 10.00 Å². The van der Waals surface area contributed by atoms with Gasteiger partial charge >= 0.3 is 0 Å². The molecule has 8 nitrogen and oxygen atoms in total. The molecule has 0 spiro atoms. The lowest BCUT2D eigenvalue weighted by Crippen LogP contribution is -2.43. The number of hydrogen-bond donors (Lipinski definition) is 2. The summed E-state index contributed by atoms with van der Waals surface area (Å²) in [6, 6.07) is 4.27. The zero-order valence-corrected chi connectivity index (χ0v) is 18.6. The van der Waals surface area contributed by atoms with Crippen molar-refractivity contribution in [2.24, 2.45) is 4.99 Å². The summed E-state index contributed by atoms with van der Waals surface area (Å²) in [6.45, 7) is 12.1. The minimum atomic E-state index is 0. The van der Waals surface area contributed by atoms with E-state index in [9.17, 15) is 0 Å². The number of furan rings is 1. The van der Waals surface area contributed by atoms with E-state index in [-0.39, 0.29) is 24.0 Å². The maximum absolute atomic E-state index is 5.33. The highest BCUT2D eigenvalue weighted by atomic mass is 127. The molecule has 0 bridgehead atoms. The van der Waals surface area contributed by atoms with Gasteiger partial charge in [0.25, 0.3) is 0 Å². The van der Waals surface area contributed by atoms with Crippen LogP contribution in [0.1, 0.15) is 33.0 Å². The normalized spacial score (nSPS) is 17.4. The van der Waals surface area contributed by atoms with Gasteiger partial charge in [0.15, 0.2) is 11.7 Å². The van der Waals surface area contributed by atoms with E-state index in [1.165, 1.54) is 6.42 Å². The zero-order valence-electron chi connectivity index (χ0n) is 16.3. The molecule has 2 aromatic rings. The number of nitrogens with one attached hydrogen (secondary N) is 2. The van der Waals surface area contributed by atoms with Crippen LogP contribution in [0.5, 0.6) is 0 Å². The number of halogens is 1. The molecule has 0 aromatic carbocycles. The molecule has 9 heteroatoms.